The topological polar surface area (TPSA) is 93.7 Å². The third kappa shape index (κ3) is 7.13. The summed E-state index contributed by atoms with van der Waals surface area (Å²) in [5.74, 6) is 0.565. The Bertz CT molecular complexity index is 1220. The lowest BCUT2D eigenvalue weighted by molar-refractivity contribution is -0.118. The Morgan fingerprint density at radius 2 is 1.62 bits per heavy atom. The van der Waals surface area contributed by atoms with E-state index in [2.05, 4.69) is 10.0 Å². The number of halogens is 1. The number of carbonyl (C=O) groups excluding carboxylic acids is 1. The summed E-state index contributed by atoms with van der Waals surface area (Å²) in [6.45, 7) is 0.444. The fourth-order valence-electron chi connectivity index (χ4n) is 3.01. The Labute approximate surface area is 202 Å². The first-order valence-corrected chi connectivity index (χ1v) is 12.8. The van der Waals surface area contributed by atoms with Crippen LogP contribution in [0.15, 0.2) is 76.5 Å². The van der Waals surface area contributed by atoms with Crippen LogP contribution >= 0.6 is 11.8 Å². The lowest BCUT2D eigenvalue weighted by Crippen LogP contribution is -2.27. The highest BCUT2D eigenvalue weighted by Gasteiger charge is 2.17. The summed E-state index contributed by atoms with van der Waals surface area (Å²) >= 11 is 1.33. The molecule has 180 valence electrons. The number of hydrogen-bond donors (Lipinski definition) is 2. The molecule has 3 rings (SSSR count). The maximum Gasteiger partial charge on any atom is 0.262 e. The molecule has 10 heteroatoms. The molecule has 0 saturated carbocycles. The van der Waals surface area contributed by atoms with Crippen LogP contribution in [0.3, 0.4) is 0 Å². The second kappa shape index (κ2) is 11.8. The first-order chi connectivity index (χ1) is 16.3. The summed E-state index contributed by atoms with van der Waals surface area (Å²) in [6, 6.07) is 17.3. The summed E-state index contributed by atoms with van der Waals surface area (Å²) in [4.78, 5) is 12.9. The number of hydrogen-bond acceptors (Lipinski definition) is 6. The molecule has 0 fully saturated rings. The number of benzene rings is 3. The van der Waals surface area contributed by atoms with Crippen molar-refractivity contribution in [2.45, 2.75) is 16.2 Å². The molecule has 0 aliphatic rings. The third-order valence-corrected chi connectivity index (χ3v) is 7.18. The summed E-state index contributed by atoms with van der Waals surface area (Å²) in [6.07, 6.45) is 0.593. The average Bonchev–Trinajstić information content (AvgIpc) is 2.84. The fraction of sp³-hybridized carbons (Fsp3) is 0.208. The molecule has 0 aliphatic carbocycles. The van der Waals surface area contributed by atoms with Gasteiger partial charge in [0.1, 0.15) is 5.82 Å². The number of amides is 1. The van der Waals surface area contributed by atoms with E-state index in [1.165, 1.54) is 56.3 Å². The minimum Gasteiger partial charge on any atom is -0.493 e. The van der Waals surface area contributed by atoms with Gasteiger partial charge in [0.25, 0.3) is 10.0 Å². The van der Waals surface area contributed by atoms with Crippen LogP contribution in [0, 0.1) is 5.82 Å². The predicted molar refractivity (Wildman–Crippen MR) is 131 cm³/mol. The number of thioether (sulfide) groups is 1. The Kier molecular flexibility index (Phi) is 8.78. The highest BCUT2D eigenvalue weighted by atomic mass is 32.2. The van der Waals surface area contributed by atoms with Gasteiger partial charge in [0, 0.05) is 23.2 Å². The van der Waals surface area contributed by atoms with Crippen LogP contribution in [0.25, 0.3) is 0 Å². The van der Waals surface area contributed by atoms with Gasteiger partial charge in [-0.25, -0.2) is 12.8 Å². The number of ether oxygens (including phenoxy) is 2. The monoisotopic (exact) mass is 504 g/mol. The zero-order valence-corrected chi connectivity index (χ0v) is 20.3. The fourth-order valence-corrected chi connectivity index (χ4v) is 4.82. The van der Waals surface area contributed by atoms with Crippen molar-refractivity contribution in [2.75, 3.05) is 31.2 Å². The molecule has 0 radical (unpaired) electrons. The van der Waals surface area contributed by atoms with Gasteiger partial charge < -0.3 is 14.8 Å². The van der Waals surface area contributed by atoms with Crippen LogP contribution < -0.4 is 19.5 Å². The Hall–Kier alpha value is -3.24. The maximum absolute atomic E-state index is 12.9. The van der Waals surface area contributed by atoms with Gasteiger partial charge >= 0.3 is 0 Å². The molecule has 0 atom stereocenters. The van der Waals surface area contributed by atoms with E-state index in [1.807, 2.05) is 0 Å². The van der Waals surface area contributed by atoms with Crippen molar-refractivity contribution in [3.05, 3.63) is 78.1 Å². The molecule has 7 nitrogen and oxygen atoms in total. The number of nitrogens with one attached hydrogen (secondary N) is 2. The van der Waals surface area contributed by atoms with Crippen LogP contribution in [-0.4, -0.2) is 40.8 Å². The molecule has 3 aromatic carbocycles. The van der Waals surface area contributed by atoms with Crippen LogP contribution in [-0.2, 0) is 21.2 Å². The first kappa shape index (κ1) is 25.4. The minimum atomic E-state index is -3.81. The molecule has 2 N–H and O–H groups in total. The number of sulfonamides is 1. The van der Waals surface area contributed by atoms with Crippen molar-refractivity contribution in [2.24, 2.45) is 0 Å². The normalized spacial score (nSPS) is 11.0. The van der Waals surface area contributed by atoms with Crippen molar-refractivity contribution in [3.8, 4) is 11.5 Å². The van der Waals surface area contributed by atoms with Gasteiger partial charge in [0.2, 0.25) is 5.91 Å². The molecular formula is C24H25FN2O5S2. The molecule has 0 unspecified atom stereocenters. The highest BCUT2D eigenvalue weighted by molar-refractivity contribution is 8.00. The number of carbonyl (C=O) groups is 1. The second-order valence-electron chi connectivity index (χ2n) is 7.16. The van der Waals surface area contributed by atoms with E-state index in [4.69, 9.17) is 9.47 Å². The standard InChI is InChI=1S/C24H25FN2O5S2/c1-31-22-12-11-21(15-23(22)32-2)34(29,30)27-19-7-3-17(4-8-19)13-14-26-24(28)16-33-20-9-5-18(25)6-10-20/h3-12,15,27H,13-14,16H2,1-2H3,(H,26,28). The van der Waals surface area contributed by atoms with Gasteiger partial charge in [0.05, 0.1) is 24.9 Å². The first-order valence-electron chi connectivity index (χ1n) is 10.3. The van der Waals surface area contributed by atoms with E-state index in [0.29, 0.717) is 30.2 Å². The molecule has 0 aliphatic heterocycles. The molecule has 0 spiro atoms. The summed E-state index contributed by atoms with van der Waals surface area (Å²) in [5, 5.41) is 2.84. The van der Waals surface area contributed by atoms with E-state index in [0.717, 1.165) is 10.5 Å². The third-order valence-electron chi connectivity index (χ3n) is 4.79. The minimum absolute atomic E-state index is 0.0513. The zero-order chi connectivity index (χ0) is 24.6. The molecule has 34 heavy (non-hydrogen) atoms. The van der Waals surface area contributed by atoms with Crippen LogP contribution in [0.4, 0.5) is 10.1 Å². The van der Waals surface area contributed by atoms with Crippen molar-refractivity contribution < 1.29 is 27.1 Å². The van der Waals surface area contributed by atoms with Crippen LogP contribution in [0.5, 0.6) is 11.5 Å². The summed E-state index contributed by atoms with van der Waals surface area (Å²) < 4.78 is 51.2. The van der Waals surface area contributed by atoms with E-state index >= 15 is 0 Å². The van der Waals surface area contributed by atoms with E-state index in [-0.39, 0.29) is 22.4 Å². The molecule has 0 bridgehead atoms. The van der Waals surface area contributed by atoms with Crippen molar-refractivity contribution in [1.29, 1.82) is 0 Å². The molecule has 3 aromatic rings. The molecule has 0 heterocycles. The Balaban J connectivity index is 1.49. The van der Waals surface area contributed by atoms with Gasteiger partial charge in [-0.05, 0) is 60.5 Å². The Morgan fingerprint density at radius 1 is 0.941 bits per heavy atom. The number of anilines is 1. The summed E-state index contributed by atoms with van der Waals surface area (Å²) in [7, 11) is -0.895. The average molecular weight is 505 g/mol. The maximum atomic E-state index is 12.9. The predicted octanol–water partition coefficient (Wildman–Crippen LogP) is 4.09. The Morgan fingerprint density at radius 3 is 2.26 bits per heavy atom. The quantitative estimate of drug-likeness (QED) is 0.382. The largest absolute Gasteiger partial charge is 0.493 e. The van der Waals surface area contributed by atoms with Gasteiger partial charge in [0.15, 0.2) is 11.5 Å². The second-order valence-corrected chi connectivity index (χ2v) is 9.89. The van der Waals surface area contributed by atoms with Crippen molar-refractivity contribution in [1.82, 2.24) is 5.32 Å². The van der Waals surface area contributed by atoms with E-state index in [1.54, 1.807) is 36.4 Å². The van der Waals surface area contributed by atoms with Gasteiger partial charge in [-0.1, -0.05) is 12.1 Å². The lowest BCUT2D eigenvalue weighted by Gasteiger charge is -2.12. The van der Waals surface area contributed by atoms with E-state index in [9.17, 15) is 17.6 Å². The molecule has 0 aromatic heterocycles. The van der Waals surface area contributed by atoms with Crippen LogP contribution in [0.1, 0.15) is 5.56 Å². The molecule has 1 amide bonds. The van der Waals surface area contributed by atoms with Crippen LogP contribution in [0.2, 0.25) is 0 Å². The van der Waals surface area contributed by atoms with Crippen molar-refractivity contribution >= 4 is 33.4 Å². The molecule has 0 saturated heterocycles. The molecular weight excluding hydrogens is 479 g/mol. The summed E-state index contributed by atoms with van der Waals surface area (Å²) in [5.41, 5.74) is 1.36. The van der Waals surface area contributed by atoms with Gasteiger partial charge in [-0.3, -0.25) is 9.52 Å². The highest BCUT2D eigenvalue weighted by Crippen LogP contribution is 2.30. The van der Waals surface area contributed by atoms with Gasteiger partial charge in [-0.15, -0.1) is 11.8 Å². The van der Waals surface area contributed by atoms with Crippen molar-refractivity contribution in [3.63, 3.8) is 0 Å². The van der Waals surface area contributed by atoms with Gasteiger partial charge in [-0.2, -0.15) is 0 Å². The smallest absolute Gasteiger partial charge is 0.262 e. The van der Waals surface area contributed by atoms with E-state index < -0.39 is 10.0 Å². The lowest BCUT2D eigenvalue weighted by atomic mass is 10.1. The SMILES string of the molecule is COc1ccc(S(=O)(=O)Nc2ccc(CCNC(=O)CSc3ccc(F)cc3)cc2)cc1OC. The zero-order valence-electron chi connectivity index (χ0n) is 18.7. The number of methoxy groups -OCH3 is 2. The number of rotatable bonds is 11.